The first-order chi connectivity index (χ1) is 14.5. The molecule has 1 aliphatic heterocycles. The Labute approximate surface area is 179 Å². The van der Waals surface area contributed by atoms with Crippen LogP contribution in [0.15, 0.2) is 48.5 Å². The van der Waals surface area contributed by atoms with Gasteiger partial charge in [0.1, 0.15) is 11.6 Å². The molecule has 2 aromatic carbocycles. The van der Waals surface area contributed by atoms with E-state index in [9.17, 15) is 9.18 Å². The molecule has 6 nitrogen and oxygen atoms in total. The first-order valence-corrected chi connectivity index (χ1v) is 10.1. The summed E-state index contributed by atoms with van der Waals surface area (Å²) in [7, 11) is 1.64. The molecule has 156 valence electrons. The van der Waals surface area contributed by atoms with Gasteiger partial charge in [0, 0.05) is 25.2 Å². The predicted molar refractivity (Wildman–Crippen MR) is 115 cm³/mol. The molecule has 1 unspecified atom stereocenters. The van der Waals surface area contributed by atoms with Crippen LogP contribution in [0.1, 0.15) is 23.2 Å². The van der Waals surface area contributed by atoms with Crippen molar-refractivity contribution in [1.82, 2.24) is 15.5 Å². The second-order valence-electron chi connectivity index (χ2n) is 7.25. The molecule has 3 aromatic rings. The van der Waals surface area contributed by atoms with Gasteiger partial charge in [-0.1, -0.05) is 11.6 Å². The topological polar surface area (TPSA) is 70.2 Å². The van der Waals surface area contributed by atoms with Crippen LogP contribution in [-0.2, 0) is 0 Å². The van der Waals surface area contributed by atoms with Crippen molar-refractivity contribution in [1.29, 1.82) is 0 Å². The van der Waals surface area contributed by atoms with Crippen molar-refractivity contribution in [3.63, 3.8) is 0 Å². The monoisotopic (exact) mass is 428 g/mol. The summed E-state index contributed by atoms with van der Waals surface area (Å²) in [6.45, 7) is 1.46. The molecule has 0 radical (unpaired) electrons. The molecule has 0 aliphatic carbocycles. The molecule has 1 fully saturated rings. The summed E-state index contributed by atoms with van der Waals surface area (Å²) in [4.78, 5) is 14.7. The second kappa shape index (κ2) is 8.75. The first-order valence-electron chi connectivity index (χ1n) is 9.74. The largest absolute Gasteiger partial charge is 0.497 e. The molecule has 1 aliphatic rings. The summed E-state index contributed by atoms with van der Waals surface area (Å²) in [5, 5.41) is 10.7. The number of benzene rings is 2. The Hall–Kier alpha value is -3.06. The van der Waals surface area contributed by atoms with Crippen LogP contribution in [0, 0.1) is 5.82 Å². The summed E-state index contributed by atoms with van der Waals surface area (Å²) >= 11 is 6.05. The van der Waals surface area contributed by atoms with Crippen LogP contribution in [0.25, 0.3) is 11.3 Å². The lowest BCUT2D eigenvalue weighted by molar-refractivity contribution is 0.0933. The number of carbonyl (C=O) groups is 1. The molecular weight excluding hydrogens is 407 g/mol. The number of halogens is 2. The number of ether oxygens (including phenoxy) is 1. The maximum Gasteiger partial charge on any atom is 0.253 e. The molecule has 1 saturated heterocycles. The van der Waals surface area contributed by atoms with E-state index in [-0.39, 0.29) is 22.5 Å². The number of carbonyl (C=O) groups excluding carboxylic acids is 1. The SMILES string of the molecule is COc1ccc(-c2cc(N3CCCC(NC(=O)c4cc(F)ccc4Cl)C3)n[nH]2)cc1. The van der Waals surface area contributed by atoms with Gasteiger partial charge in [0.25, 0.3) is 5.91 Å². The quantitative estimate of drug-likeness (QED) is 0.636. The fourth-order valence-corrected chi connectivity index (χ4v) is 3.83. The van der Waals surface area contributed by atoms with Crippen molar-refractivity contribution in [2.24, 2.45) is 0 Å². The average molecular weight is 429 g/mol. The molecule has 4 rings (SSSR count). The van der Waals surface area contributed by atoms with E-state index in [1.54, 1.807) is 7.11 Å². The Balaban J connectivity index is 1.43. The molecule has 2 N–H and O–H groups in total. The van der Waals surface area contributed by atoms with Gasteiger partial charge in [-0.2, -0.15) is 5.10 Å². The van der Waals surface area contributed by atoms with Gasteiger partial charge in [-0.25, -0.2) is 4.39 Å². The molecule has 30 heavy (non-hydrogen) atoms. The molecule has 2 heterocycles. The van der Waals surface area contributed by atoms with Crippen LogP contribution in [0.2, 0.25) is 5.02 Å². The molecule has 1 amide bonds. The fraction of sp³-hybridized carbons (Fsp3) is 0.273. The van der Waals surface area contributed by atoms with Gasteiger partial charge >= 0.3 is 0 Å². The minimum atomic E-state index is -0.489. The number of methoxy groups -OCH3 is 1. The zero-order valence-electron chi connectivity index (χ0n) is 16.5. The summed E-state index contributed by atoms with van der Waals surface area (Å²) < 4.78 is 18.7. The standard InChI is InChI=1S/C22H22ClFN4O2/c1-30-17-7-4-14(5-8-17)20-12-21(27-26-20)28-10-2-3-16(13-28)25-22(29)18-11-15(24)6-9-19(18)23/h4-9,11-12,16H,2-3,10,13H2,1H3,(H,25,29)(H,26,27). The number of anilines is 1. The van der Waals surface area contributed by atoms with E-state index in [0.29, 0.717) is 6.54 Å². The lowest BCUT2D eigenvalue weighted by Crippen LogP contribution is -2.48. The van der Waals surface area contributed by atoms with Crippen molar-refractivity contribution in [2.75, 3.05) is 25.1 Å². The number of nitrogens with zero attached hydrogens (tertiary/aromatic N) is 2. The van der Waals surface area contributed by atoms with Crippen molar-refractivity contribution >= 4 is 23.3 Å². The van der Waals surface area contributed by atoms with Gasteiger partial charge in [0.05, 0.1) is 23.4 Å². The molecular formula is C22H22ClFN4O2. The smallest absolute Gasteiger partial charge is 0.253 e. The zero-order chi connectivity index (χ0) is 21.1. The third kappa shape index (κ3) is 4.41. The van der Waals surface area contributed by atoms with E-state index in [0.717, 1.165) is 48.3 Å². The number of amides is 1. The zero-order valence-corrected chi connectivity index (χ0v) is 17.2. The van der Waals surface area contributed by atoms with Gasteiger partial charge < -0.3 is 15.0 Å². The number of hydrogen-bond donors (Lipinski definition) is 2. The van der Waals surface area contributed by atoms with Crippen LogP contribution in [0.5, 0.6) is 5.75 Å². The number of aromatic nitrogens is 2. The maximum absolute atomic E-state index is 13.5. The number of nitrogens with one attached hydrogen (secondary N) is 2. The predicted octanol–water partition coefficient (Wildman–Crippen LogP) is 4.28. The highest BCUT2D eigenvalue weighted by atomic mass is 35.5. The van der Waals surface area contributed by atoms with E-state index in [1.165, 1.54) is 12.1 Å². The molecule has 0 saturated carbocycles. The highest BCUT2D eigenvalue weighted by molar-refractivity contribution is 6.33. The van der Waals surface area contributed by atoms with Crippen molar-refractivity contribution in [3.05, 3.63) is 64.9 Å². The Morgan fingerprint density at radius 2 is 2.07 bits per heavy atom. The summed E-state index contributed by atoms with van der Waals surface area (Å²) in [6.07, 6.45) is 1.75. The van der Waals surface area contributed by atoms with Crippen molar-refractivity contribution in [2.45, 2.75) is 18.9 Å². The van der Waals surface area contributed by atoms with Gasteiger partial charge in [0.2, 0.25) is 0 Å². The Kier molecular flexibility index (Phi) is 5.90. The maximum atomic E-state index is 13.5. The molecule has 0 spiro atoms. The lowest BCUT2D eigenvalue weighted by Gasteiger charge is -2.33. The number of H-pyrrole nitrogens is 1. The number of hydrogen-bond acceptors (Lipinski definition) is 4. The molecule has 0 bridgehead atoms. The van der Waals surface area contributed by atoms with E-state index < -0.39 is 5.82 Å². The highest BCUT2D eigenvalue weighted by Crippen LogP contribution is 2.26. The first kappa shape index (κ1) is 20.2. The number of rotatable bonds is 5. The Bertz CT molecular complexity index is 1040. The second-order valence-corrected chi connectivity index (χ2v) is 7.66. The van der Waals surface area contributed by atoms with Crippen LogP contribution in [-0.4, -0.2) is 42.3 Å². The van der Waals surface area contributed by atoms with Crippen LogP contribution in [0.3, 0.4) is 0 Å². The third-order valence-corrected chi connectivity index (χ3v) is 5.55. The molecule has 1 atom stereocenters. The minimum Gasteiger partial charge on any atom is -0.497 e. The van der Waals surface area contributed by atoms with Crippen LogP contribution >= 0.6 is 11.6 Å². The summed E-state index contributed by atoms with van der Waals surface area (Å²) in [6, 6.07) is 13.5. The summed E-state index contributed by atoms with van der Waals surface area (Å²) in [5.74, 6) is 0.764. The van der Waals surface area contributed by atoms with Gasteiger partial charge in [0.15, 0.2) is 5.82 Å². The Morgan fingerprint density at radius 1 is 1.27 bits per heavy atom. The molecule has 8 heteroatoms. The van der Waals surface area contributed by atoms with Gasteiger partial charge in [-0.15, -0.1) is 0 Å². The van der Waals surface area contributed by atoms with E-state index in [4.69, 9.17) is 16.3 Å². The number of aromatic amines is 1. The normalized spacial score (nSPS) is 16.4. The van der Waals surface area contributed by atoms with Gasteiger partial charge in [-0.3, -0.25) is 9.89 Å². The molecule has 1 aromatic heterocycles. The fourth-order valence-electron chi connectivity index (χ4n) is 3.63. The van der Waals surface area contributed by atoms with Crippen molar-refractivity contribution < 1.29 is 13.9 Å². The lowest BCUT2D eigenvalue weighted by atomic mass is 10.0. The third-order valence-electron chi connectivity index (χ3n) is 5.22. The highest BCUT2D eigenvalue weighted by Gasteiger charge is 2.24. The van der Waals surface area contributed by atoms with E-state index in [1.807, 2.05) is 30.3 Å². The van der Waals surface area contributed by atoms with Crippen LogP contribution < -0.4 is 15.0 Å². The summed E-state index contributed by atoms with van der Waals surface area (Å²) in [5.41, 5.74) is 2.07. The average Bonchev–Trinajstić information content (AvgIpc) is 3.26. The number of piperidine rings is 1. The minimum absolute atomic E-state index is 0.0771. The van der Waals surface area contributed by atoms with Crippen molar-refractivity contribution in [3.8, 4) is 17.0 Å². The van der Waals surface area contributed by atoms with E-state index >= 15 is 0 Å². The van der Waals surface area contributed by atoms with Crippen LogP contribution in [0.4, 0.5) is 10.2 Å². The Morgan fingerprint density at radius 3 is 2.83 bits per heavy atom. The van der Waals surface area contributed by atoms with E-state index in [2.05, 4.69) is 20.4 Å². The van der Waals surface area contributed by atoms with Gasteiger partial charge in [-0.05, 0) is 60.9 Å².